The normalized spacial score (nSPS) is 10.9. The Bertz CT molecular complexity index is 617. The molecule has 0 amide bonds. The predicted molar refractivity (Wildman–Crippen MR) is 64.9 cm³/mol. The Morgan fingerprint density at radius 1 is 1.29 bits per heavy atom. The fourth-order valence-corrected chi connectivity index (χ4v) is 1.43. The number of aromatic nitrogens is 2. The topological polar surface area (TPSA) is 45.8 Å². The average molecular weight is 230 g/mol. The van der Waals surface area contributed by atoms with Gasteiger partial charge in [0.15, 0.2) is 0 Å². The molecule has 1 heterocycles. The number of hydrogen-bond donors (Lipinski definition) is 1. The fourth-order valence-electron chi connectivity index (χ4n) is 1.43. The molecule has 0 saturated heterocycles. The molecule has 0 spiro atoms. The van der Waals surface area contributed by atoms with Crippen molar-refractivity contribution in [2.75, 3.05) is 0 Å². The van der Waals surface area contributed by atoms with Crippen LogP contribution in [0.2, 0.25) is 0 Å². The van der Waals surface area contributed by atoms with Crippen LogP contribution in [0.4, 0.5) is 4.39 Å². The van der Waals surface area contributed by atoms with E-state index in [9.17, 15) is 9.18 Å². The molecule has 0 aliphatic rings. The van der Waals surface area contributed by atoms with Gasteiger partial charge in [0.2, 0.25) is 0 Å². The molecule has 0 radical (unpaired) electrons. The Morgan fingerprint density at radius 2 is 2.12 bits per heavy atom. The van der Waals surface area contributed by atoms with E-state index in [2.05, 4.69) is 9.97 Å². The molecule has 3 nitrogen and oxygen atoms in total. The molecule has 2 aromatic rings. The first-order valence-corrected chi connectivity index (χ1v) is 5.15. The van der Waals surface area contributed by atoms with Crippen LogP contribution in [0, 0.1) is 12.7 Å². The number of aromatic amines is 1. The van der Waals surface area contributed by atoms with Gasteiger partial charge in [0.25, 0.3) is 5.56 Å². The van der Waals surface area contributed by atoms with Gasteiger partial charge in [-0.25, -0.2) is 9.37 Å². The summed E-state index contributed by atoms with van der Waals surface area (Å²) in [5.41, 5.74) is 1.51. The summed E-state index contributed by atoms with van der Waals surface area (Å²) in [5.74, 6) is 0.158. The number of H-pyrrole nitrogens is 1. The van der Waals surface area contributed by atoms with E-state index in [4.69, 9.17) is 0 Å². The van der Waals surface area contributed by atoms with E-state index in [-0.39, 0.29) is 11.4 Å². The van der Waals surface area contributed by atoms with Gasteiger partial charge in [-0.2, -0.15) is 0 Å². The molecule has 0 aliphatic carbocycles. The summed E-state index contributed by atoms with van der Waals surface area (Å²) in [6.45, 7) is 1.89. The van der Waals surface area contributed by atoms with Gasteiger partial charge in [-0.3, -0.25) is 4.79 Å². The van der Waals surface area contributed by atoms with E-state index in [0.717, 1.165) is 11.1 Å². The fraction of sp³-hybridized carbons (Fsp3) is 0.0769. The van der Waals surface area contributed by atoms with Gasteiger partial charge in [0, 0.05) is 12.3 Å². The molecule has 2 rings (SSSR count). The van der Waals surface area contributed by atoms with E-state index in [0.29, 0.717) is 5.82 Å². The monoisotopic (exact) mass is 230 g/mol. The quantitative estimate of drug-likeness (QED) is 0.861. The van der Waals surface area contributed by atoms with Crippen LogP contribution in [0.1, 0.15) is 17.0 Å². The van der Waals surface area contributed by atoms with Crippen molar-refractivity contribution in [3.8, 4) is 0 Å². The predicted octanol–water partition coefficient (Wildman–Crippen LogP) is 2.39. The maximum Gasteiger partial charge on any atom is 0.251 e. The van der Waals surface area contributed by atoms with Crippen molar-refractivity contribution < 1.29 is 4.39 Å². The number of nitrogens with one attached hydrogen (secondary N) is 1. The van der Waals surface area contributed by atoms with Crippen molar-refractivity contribution in [1.82, 2.24) is 9.97 Å². The lowest BCUT2D eigenvalue weighted by Crippen LogP contribution is -2.05. The summed E-state index contributed by atoms with van der Waals surface area (Å²) in [4.78, 5) is 17.6. The van der Waals surface area contributed by atoms with Crippen molar-refractivity contribution in [3.63, 3.8) is 0 Å². The second kappa shape index (κ2) is 4.74. The third kappa shape index (κ3) is 2.87. The van der Waals surface area contributed by atoms with Crippen LogP contribution in [0.3, 0.4) is 0 Å². The first-order chi connectivity index (χ1) is 8.15. The van der Waals surface area contributed by atoms with Crippen molar-refractivity contribution >= 4 is 12.2 Å². The lowest BCUT2D eigenvalue weighted by molar-refractivity contribution is 0.627. The third-order valence-electron chi connectivity index (χ3n) is 2.35. The van der Waals surface area contributed by atoms with Gasteiger partial charge < -0.3 is 4.98 Å². The van der Waals surface area contributed by atoms with Crippen LogP contribution in [0.5, 0.6) is 0 Å². The minimum absolute atomic E-state index is 0.212. The zero-order valence-electron chi connectivity index (χ0n) is 9.27. The van der Waals surface area contributed by atoms with Crippen LogP contribution in [-0.4, -0.2) is 9.97 Å². The highest BCUT2D eigenvalue weighted by molar-refractivity contribution is 5.68. The third-order valence-corrected chi connectivity index (χ3v) is 2.35. The van der Waals surface area contributed by atoms with Gasteiger partial charge in [0.1, 0.15) is 11.6 Å². The summed E-state index contributed by atoms with van der Waals surface area (Å²) in [6.07, 6.45) is 4.79. The summed E-state index contributed by atoms with van der Waals surface area (Å²) in [6, 6.07) is 5.89. The molecule has 1 aromatic carbocycles. The van der Waals surface area contributed by atoms with E-state index in [1.165, 1.54) is 24.4 Å². The van der Waals surface area contributed by atoms with Crippen LogP contribution in [0.25, 0.3) is 12.2 Å². The van der Waals surface area contributed by atoms with Crippen LogP contribution in [0.15, 0.2) is 35.3 Å². The molecule has 1 N–H and O–H groups in total. The van der Waals surface area contributed by atoms with Crippen molar-refractivity contribution in [2.45, 2.75) is 6.92 Å². The van der Waals surface area contributed by atoms with Crippen LogP contribution in [-0.2, 0) is 0 Å². The molecular weight excluding hydrogens is 219 g/mol. The number of halogens is 1. The molecule has 86 valence electrons. The number of hydrogen-bond acceptors (Lipinski definition) is 2. The lowest BCUT2D eigenvalue weighted by atomic mass is 10.1. The largest absolute Gasteiger partial charge is 0.307 e. The van der Waals surface area contributed by atoms with Gasteiger partial charge >= 0.3 is 0 Å². The van der Waals surface area contributed by atoms with Crippen molar-refractivity contribution in [2.24, 2.45) is 0 Å². The van der Waals surface area contributed by atoms with Crippen LogP contribution >= 0.6 is 0 Å². The minimum atomic E-state index is -0.287. The smallest absolute Gasteiger partial charge is 0.251 e. The average Bonchev–Trinajstić information content (AvgIpc) is 2.30. The van der Waals surface area contributed by atoms with Crippen LogP contribution < -0.4 is 5.56 Å². The van der Waals surface area contributed by atoms with Gasteiger partial charge in [-0.1, -0.05) is 12.1 Å². The number of benzene rings is 1. The summed E-state index contributed by atoms with van der Waals surface area (Å²) in [5, 5.41) is 0. The molecular formula is C13H11FN2O. The highest BCUT2D eigenvalue weighted by atomic mass is 19.1. The standard InChI is InChI=1S/C13H11FN2O/c1-9-2-4-11(14)8-10(9)3-5-12-15-7-6-13(17)16-12/h2-8H,1H3,(H,15,16,17)/b5-3+. The summed E-state index contributed by atoms with van der Waals surface area (Å²) >= 11 is 0. The Labute approximate surface area is 97.7 Å². The summed E-state index contributed by atoms with van der Waals surface area (Å²) in [7, 11) is 0. The van der Waals surface area contributed by atoms with E-state index < -0.39 is 0 Å². The Morgan fingerprint density at radius 3 is 2.88 bits per heavy atom. The molecule has 0 unspecified atom stereocenters. The highest BCUT2D eigenvalue weighted by Crippen LogP contribution is 2.12. The van der Waals surface area contributed by atoms with Gasteiger partial charge in [0.05, 0.1) is 0 Å². The van der Waals surface area contributed by atoms with Gasteiger partial charge in [-0.15, -0.1) is 0 Å². The molecule has 0 fully saturated rings. The lowest BCUT2D eigenvalue weighted by Gasteiger charge is -1.99. The van der Waals surface area contributed by atoms with E-state index >= 15 is 0 Å². The number of nitrogens with zero attached hydrogens (tertiary/aromatic N) is 1. The zero-order chi connectivity index (χ0) is 12.3. The second-order valence-electron chi connectivity index (χ2n) is 3.65. The molecule has 4 heteroatoms. The molecule has 17 heavy (non-hydrogen) atoms. The van der Waals surface area contributed by atoms with Crippen molar-refractivity contribution in [1.29, 1.82) is 0 Å². The highest BCUT2D eigenvalue weighted by Gasteiger charge is 1.97. The molecule has 0 bridgehead atoms. The van der Waals surface area contributed by atoms with Gasteiger partial charge in [-0.05, 0) is 36.3 Å². The van der Waals surface area contributed by atoms with E-state index in [1.54, 1.807) is 18.2 Å². The maximum absolute atomic E-state index is 13.0. The maximum atomic E-state index is 13.0. The Balaban J connectivity index is 2.32. The minimum Gasteiger partial charge on any atom is -0.307 e. The first kappa shape index (κ1) is 11.3. The number of rotatable bonds is 2. The molecule has 0 saturated carbocycles. The molecule has 1 aromatic heterocycles. The zero-order valence-corrected chi connectivity index (χ0v) is 9.27. The Hall–Kier alpha value is -2.23. The first-order valence-electron chi connectivity index (χ1n) is 5.15. The van der Waals surface area contributed by atoms with Crippen molar-refractivity contribution in [3.05, 3.63) is 63.6 Å². The number of aryl methyl sites for hydroxylation is 1. The molecule has 0 atom stereocenters. The molecule has 0 aliphatic heterocycles. The van der Waals surface area contributed by atoms with E-state index in [1.807, 2.05) is 6.92 Å². The second-order valence-corrected chi connectivity index (χ2v) is 3.65. The Kier molecular flexibility index (Phi) is 3.14. The summed E-state index contributed by atoms with van der Waals surface area (Å²) < 4.78 is 13.0. The SMILES string of the molecule is Cc1ccc(F)cc1/C=C/c1nccc(=O)[nH]1.